The highest BCUT2D eigenvalue weighted by Crippen LogP contribution is 2.17. The van der Waals surface area contributed by atoms with Crippen molar-refractivity contribution < 1.29 is 14.3 Å². The van der Waals surface area contributed by atoms with Gasteiger partial charge in [-0.05, 0) is 41.6 Å². The molecule has 0 saturated carbocycles. The molecule has 0 amide bonds. The number of esters is 1. The van der Waals surface area contributed by atoms with Crippen LogP contribution in [-0.2, 0) is 4.74 Å². The summed E-state index contributed by atoms with van der Waals surface area (Å²) in [5.74, 6) is 0.0124. The third-order valence-corrected chi connectivity index (χ3v) is 2.31. The van der Waals surface area contributed by atoms with Gasteiger partial charge in [0.1, 0.15) is 0 Å². The fourth-order valence-corrected chi connectivity index (χ4v) is 1.41. The van der Waals surface area contributed by atoms with Gasteiger partial charge in [-0.25, -0.2) is 9.78 Å². The zero-order valence-electron chi connectivity index (χ0n) is 7.91. The van der Waals surface area contributed by atoms with Crippen LogP contribution in [0.5, 0.6) is 5.88 Å². The first kappa shape index (κ1) is 11.2. The zero-order chi connectivity index (χ0) is 10.6. The van der Waals surface area contributed by atoms with Crippen LogP contribution in [0.1, 0.15) is 17.4 Å². The van der Waals surface area contributed by atoms with Crippen molar-refractivity contribution in [1.82, 2.24) is 4.98 Å². The summed E-state index contributed by atoms with van der Waals surface area (Å²) < 4.78 is 10.7. The van der Waals surface area contributed by atoms with Gasteiger partial charge in [0.2, 0.25) is 5.88 Å². The van der Waals surface area contributed by atoms with Gasteiger partial charge in [-0.1, -0.05) is 0 Å². The van der Waals surface area contributed by atoms with Crippen LogP contribution in [0.4, 0.5) is 0 Å². The summed E-state index contributed by atoms with van der Waals surface area (Å²) in [5.41, 5.74) is 0.268. The summed E-state index contributed by atoms with van der Waals surface area (Å²) in [5, 5.41) is 0. The Labute approximate surface area is 95.8 Å². The average Bonchev–Trinajstić information content (AvgIpc) is 2.19. The monoisotopic (exact) mass is 307 g/mol. The number of methoxy groups -OCH3 is 1. The van der Waals surface area contributed by atoms with E-state index in [0.29, 0.717) is 12.5 Å². The fourth-order valence-electron chi connectivity index (χ4n) is 0.885. The lowest BCUT2D eigenvalue weighted by molar-refractivity contribution is 0.0518. The van der Waals surface area contributed by atoms with Crippen molar-refractivity contribution in [2.45, 2.75) is 6.92 Å². The highest BCUT2D eigenvalue weighted by molar-refractivity contribution is 14.1. The summed E-state index contributed by atoms with van der Waals surface area (Å²) in [7, 11) is 1.51. The maximum absolute atomic E-state index is 11.3. The molecule has 0 spiro atoms. The molecular weight excluding hydrogens is 297 g/mol. The number of aromatic nitrogens is 1. The van der Waals surface area contributed by atoms with Gasteiger partial charge in [-0.15, -0.1) is 0 Å². The average molecular weight is 307 g/mol. The molecule has 0 aliphatic heterocycles. The van der Waals surface area contributed by atoms with E-state index in [4.69, 9.17) is 9.47 Å². The van der Waals surface area contributed by atoms with Crippen molar-refractivity contribution in [2.75, 3.05) is 13.7 Å². The highest BCUT2D eigenvalue weighted by Gasteiger charge is 2.11. The lowest BCUT2D eigenvalue weighted by Crippen LogP contribution is -2.08. The van der Waals surface area contributed by atoms with Gasteiger partial charge in [0.25, 0.3) is 0 Å². The molecule has 0 radical (unpaired) electrons. The second kappa shape index (κ2) is 5.14. The Kier molecular flexibility index (Phi) is 4.12. The van der Waals surface area contributed by atoms with Crippen LogP contribution in [0.25, 0.3) is 0 Å². The van der Waals surface area contributed by atoms with Gasteiger partial charge < -0.3 is 9.47 Å². The molecule has 4 nitrogen and oxygen atoms in total. The van der Waals surface area contributed by atoms with Crippen molar-refractivity contribution in [3.05, 3.63) is 21.4 Å². The van der Waals surface area contributed by atoms with Gasteiger partial charge in [-0.2, -0.15) is 0 Å². The van der Waals surface area contributed by atoms with Crippen LogP contribution < -0.4 is 4.74 Å². The Morgan fingerprint density at radius 3 is 2.86 bits per heavy atom. The lowest BCUT2D eigenvalue weighted by Gasteiger charge is -2.04. The van der Waals surface area contributed by atoms with Crippen molar-refractivity contribution in [3.8, 4) is 5.88 Å². The first-order chi connectivity index (χ1) is 6.69. The highest BCUT2D eigenvalue weighted by atomic mass is 127. The Morgan fingerprint density at radius 2 is 2.29 bits per heavy atom. The predicted octanol–water partition coefficient (Wildman–Crippen LogP) is 1.87. The Bertz CT molecular complexity index is 341. The van der Waals surface area contributed by atoms with Gasteiger partial charge in [0.05, 0.1) is 17.3 Å². The maximum atomic E-state index is 11.3. The fraction of sp³-hybridized carbons (Fsp3) is 0.333. The molecule has 0 saturated heterocycles. The van der Waals surface area contributed by atoms with E-state index in [2.05, 4.69) is 27.6 Å². The van der Waals surface area contributed by atoms with Crippen molar-refractivity contribution in [1.29, 1.82) is 0 Å². The minimum Gasteiger partial charge on any atom is -0.480 e. The number of carbonyl (C=O) groups excluding carboxylic acids is 1. The standard InChI is InChI=1S/C9H10INO3/c1-3-14-9(12)7-5-4-6(10)8(11-7)13-2/h4-5H,3H2,1-2H3. The number of ether oxygens (including phenoxy) is 2. The molecule has 1 aromatic rings. The largest absolute Gasteiger partial charge is 0.480 e. The van der Waals surface area contributed by atoms with Crippen molar-refractivity contribution in [3.63, 3.8) is 0 Å². The van der Waals surface area contributed by atoms with E-state index in [1.54, 1.807) is 19.1 Å². The van der Waals surface area contributed by atoms with E-state index in [1.807, 2.05) is 0 Å². The molecule has 0 N–H and O–H groups in total. The summed E-state index contributed by atoms with van der Waals surface area (Å²) in [6, 6.07) is 3.38. The van der Waals surface area contributed by atoms with Crippen LogP contribution in [0.2, 0.25) is 0 Å². The number of hydrogen-bond acceptors (Lipinski definition) is 4. The molecule has 0 unspecified atom stereocenters. The van der Waals surface area contributed by atoms with Crippen LogP contribution >= 0.6 is 22.6 Å². The molecule has 14 heavy (non-hydrogen) atoms. The molecule has 76 valence electrons. The second-order valence-corrected chi connectivity index (χ2v) is 3.57. The third-order valence-electron chi connectivity index (χ3n) is 1.49. The molecule has 0 atom stereocenters. The van der Waals surface area contributed by atoms with Crippen LogP contribution in [0, 0.1) is 3.57 Å². The summed E-state index contributed by atoms with van der Waals surface area (Å²) in [4.78, 5) is 15.3. The first-order valence-corrected chi connectivity index (χ1v) is 5.14. The molecule has 0 aliphatic rings. The summed E-state index contributed by atoms with van der Waals surface area (Å²) in [6.07, 6.45) is 0. The van der Waals surface area contributed by atoms with Crippen molar-refractivity contribution >= 4 is 28.6 Å². The van der Waals surface area contributed by atoms with Gasteiger partial charge in [0, 0.05) is 0 Å². The van der Waals surface area contributed by atoms with Crippen LogP contribution in [-0.4, -0.2) is 24.7 Å². The van der Waals surface area contributed by atoms with E-state index in [1.165, 1.54) is 7.11 Å². The number of hydrogen-bond donors (Lipinski definition) is 0. The molecule has 1 rings (SSSR count). The topological polar surface area (TPSA) is 48.4 Å². The first-order valence-electron chi connectivity index (χ1n) is 4.06. The molecule has 0 bridgehead atoms. The number of pyridine rings is 1. The second-order valence-electron chi connectivity index (χ2n) is 2.41. The SMILES string of the molecule is CCOC(=O)c1ccc(I)c(OC)n1. The number of carbonyl (C=O) groups is 1. The van der Waals surface area contributed by atoms with Crippen LogP contribution in [0.3, 0.4) is 0 Å². The molecule has 1 aromatic heterocycles. The molecule has 1 heterocycles. The Balaban J connectivity index is 2.94. The minimum absolute atomic E-state index is 0.268. The molecule has 0 aliphatic carbocycles. The smallest absolute Gasteiger partial charge is 0.357 e. The quantitative estimate of drug-likeness (QED) is 0.632. The number of halogens is 1. The predicted molar refractivity (Wildman–Crippen MR) is 59.5 cm³/mol. The zero-order valence-corrected chi connectivity index (χ0v) is 10.1. The van der Waals surface area contributed by atoms with Crippen molar-refractivity contribution in [2.24, 2.45) is 0 Å². The van der Waals surface area contributed by atoms with Gasteiger partial charge in [-0.3, -0.25) is 0 Å². The van der Waals surface area contributed by atoms with E-state index in [9.17, 15) is 4.79 Å². The van der Waals surface area contributed by atoms with Gasteiger partial charge in [0.15, 0.2) is 5.69 Å². The van der Waals surface area contributed by atoms with E-state index in [0.717, 1.165) is 3.57 Å². The molecule has 5 heteroatoms. The van der Waals surface area contributed by atoms with E-state index in [-0.39, 0.29) is 5.69 Å². The molecule has 0 aromatic carbocycles. The Morgan fingerprint density at radius 1 is 1.57 bits per heavy atom. The third kappa shape index (κ3) is 2.57. The number of rotatable bonds is 3. The molecular formula is C9H10INO3. The normalized spacial score (nSPS) is 9.64. The van der Waals surface area contributed by atoms with E-state index < -0.39 is 5.97 Å². The number of nitrogens with zero attached hydrogens (tertiary/aromatic N) is 1. The Hall–Kier alpha value is -0.850. The lowest BCUT2D eigenvalue weighted by atomic mass is 10.3. The summed E-state index contributed by atoms with van der Waals surface area (Å²) >= 11 is 2.08. The summed E-state index contributed by atoms with van der Waals surface area (Å²) in [6.45, 7) is 2.09. The maximum Gasteiger partial charge on any atom is 0.357 e. The minimum atomic E-state index is -0.429. The van der Waals surface area contributed by atoms with Crippen LogP contribution in [0.15, 0.2) is 12.1 Å². The molecule has 0 fully saturated rings. The van der Waals surface area contributed by atoms with Gasteiger partial charge >= 0.3 is 5.97 Å². The van der Waals surface area contributed by atoms with E-state index >= 15 is 0 Å².